The first-order valence-corrected chi connectivity index (χ1v) is 10.7. The van der Waals surface area contributed by atoms with Gasteiger partial charge in [-0.15, -0.1) is 11.3 Å². The second-order valence-electron chi connectivity index (χ2n) is 7.94. The summed E-state index contributed by atoms with van der Waals surface area (Å²) in [6.45, 7) is 2.95. The Kier molecular flexibility index (Phi) is 5.38. The zero-order valence-electron chi connectivity index (χ0n) is 17.1. The molecule has 162 valence electrons. The molecule has 0 unspecified atom stereocenters. The number of aromatic nitrogens is 1. The van der Waals surface area contributed by atoms with Crippen LogP contribution in [0.1, 0.15) is 30.5 Å². The van der Waals surface area contributed by atoms with E-state index in [-0.39, 0.29) is 6.54 Å². The number of nitrogens with one attached hydrogen (secondary N) is 1. The van der Waals surface area contributed by atoms with Crippen LogP contribution in [0.4, 0.5) is 20.2 Å². The van der Waals surface area contributed by atoms with E-state index in [0.717, 1.165) is 10.3 Å². The first-order chi connectivity index (χ1) is 14.7. The Morgan fingerprint density at radius 3 is 2.77 bits per heavy atom. The summed E-state index contributed by atoms with van der Waals surface area (Å²) < 4.78 is 30.1. The van der Waals surface area contributed by atoms with E-state index in [0.29, 0.717) is 22.5 Å². The molecule has 0 bridgehead atoms. The summed E-state index contributed by atoms with van der Waals surface area (Å²) in [6, 6.07) is 9.19. The summed E-state index contributed by atoms with van der Waals surface area (Å²) in [4.78, 5) is 31.2. The summed E-state index contributed by atoms with van der Waals surface area (Å²) in [5.41, 5.74) is 10.4. The van der Waals surface area contributed by atoms with E-state index in [2.05, 4.69) is 10.3 Å². The number of anilines is 2. The average Bonchev–Trinajstić information content (AvgIpc) is 3.19. The Bertz CT molecular complexity index is 1160. The van der Waals surface area contributed by atoms with Crippen LogP contribution in [0.15, 0.2) is 41.9 Å². The number of fused-ring (bicyclic) bond motifs is 1. The second kappa shape index (κ2) is 7.88. The molecule has 0 spiro atoms. The fourth-order valence-corrected chi connectivity index (χ4v) is 4.46. The number of hydrogen-bond donors (Lipinski definition) is 2. The van der Waals surface area contributed by atoms with Gasteiger partial charge in [-0.1, -0.05) is 13.0 Å². The molecular formula is C22H22F2N4O2S. The number of rotatable bonds is 2. The van der Waals surface area contributed by atoms with Crippen molar-refractivity contribution < 1.29 is 18.4 Å². The maximum Gasteiger partial charge on any atom is 0.313 e. The second-order valence-corrected chi connectivity index (χ2v) is 8.83. The molecule has 3 N–H and O–H groups in total. The molecule has 2 aromatic carbocycles. The smallest absolute Gasteiger partial charge is 0.313 e. The molecule has 9 heteroatoms. The fraction of sp³-hybridized carbons (Fsp3) is 0.318. The van der Waals surface area contributed by atoms with Crippen molar-refractivity contribution in [3.05, 3.63) is 53.0 Å². The first kappa shape index (κ1) is 21.2. The highest BCUT2D eigenvalue weighted by Crippen LogP contribution is 2.43. The van der Waals surface area contributed by atoms with Gasteiger partial charge in [-0.2, -0.15) is 0 Å². The van der Waals surface area contributed by atoms with E-state index in [1.165, 1.54) is 23.2 Å². The van der Waals surface area contributed by atoms with E-state index < -0.39 is 36.1 Å². The van der Waals surface area contributed by atoms with Crippen LogP contribution >= 0.6 is 11.3 Å². The summed E-state index contributed by atoms with van der Waals surface area (Å²) in [7, 11) is 0. The summed E-state index contributed by atoms with van der Waals surface area (Å²) in [6.07, 6.45) is -0.552. The van der Waals surface area contributed by atoms with E-state index in [1.54, 1.807) is 48.8 Å². The van der Waals surface area contributed by atoms with E-state index in [1.807, 2.05) is 0 Å². The monoisotopic (exact) mass is 444 g/mol. The number of alkyl halides is 2. The van der Waals surface area contributed by atoms with Crippen LogP contribution in [0, 0.1) is 12.8 Å². The molecule has 0 aliphatic carbocycles. The molecular weight excluding hydrogens is 422 g/mol. The number of piperidine rings is 1. The lowest BCUT2D eigenvalue weighted by Crippen LogP contribution is -2.52. The lowest BCUT2D eigenvalue weighted by molar-refractivity contribution is -0.159. The van der Waals surface area contributed by atoms with Crippen molar-refractivity contribution in [3.63, 3.8) is 0 Å². The first-order valence-electron chi connectivity index (χ1n) is 9.85. The minimum atomic E-state index is -2.96. The van der Waals surface area contributed by atoms with E-state index in [4.69, 9.17) is 5.73 Å². The molecule has 1 fully saturated rings. The molecule has 2 atom stereocenters. The third kappa shape index (κ3) is 4.10. The zero-order valence-corrected chi connectivity index (χ0v) is 17.9. The van der Waals surface area contributed by atoms with Gasteiger partial charge in [0.15, 0.2) is 0 Å². The molecule has 6 nitrogen and oxygen atoms in total. The Morgan fingerprint density at radius 2 is 2.03 bits per heavy atom. The number of aryl methyl sites for hydroxylation is 1. The molecule has 31 heavy (non-hydrogen) atoms. The van der Waals surface area contributed by atoms with Crippen LogP contribution in [0.2, 0.25) is 0 Å². The molecule has 1 aromatic heterocycles. The number of nitrogens with zero attached hydrogens (tertiary/aromatic N) is 2. The topological polar surface area (TPSA) is 88.3 Å². The quantitative estimate of drug-likeness (QED) is 0.454. The van der Waals surface area contributed by atoms with Crippen molar-refractivity contribution in [2.75, 3.05) is 17.6 Å². The van der Waals surface area contributed by atoms with Crippen LogP contribution < -0.4 is 11.1 Å². The van der Waals surface area contributed by atoms with Gasteiger partial charge in [-0.3, -0.25) is 9.59 Å². The molecule has 2 heterocycles. The number of nitrogen functional groups attached to an aromatic ring is 1. The number of halogens is 2. The van der Waals surface area contributed by atoms with Gasteiger partial charge in [0.1, 0.15) is 0 Å². The maximum atomic E-state index is 14.6. The van der Waals surface area contributed by atoms with Gasteiger partial charge < -0.3 is 16.0 Å². The Morgan fingerprint density at radius 1 is 1.26 bits per heavy atom. The van der Waals surface area contributed by atoms with Gasteiger partial charge >= 0.3 is 11.8 Å². The highest BCUT2D eigenvalue weighted by atomic mass is 32.1. The standard InChI is InChI=1S/C22H22F2N4O2S/c1-12-7-15(4-5-16(12)25)27-20(29)21(30)28-10-13(2)22(23,24)9-18(28)14-3-6-19-17(8-14)26-11-31-19/h3-8,11,13,18H,9-10,25H2,1-2H3,(H,27,29)/t13-,18-/m1/s1. The van der Waals surface area contributed by atoms with Crippen LogP contribution in [0.5, 0.6) is 0 Å². The van der Waals surface area contributed by atoms with Gasteiger partial charge in [0.05, 0.1) is 21.8 Å². The predicted octanol–water partition coefficient (Wildman–Crippen LogP) is 4.37. The normalized spacial score (nSPS) is 20.6. The predicted molar refractivity (Wildman–Crippen MR) is 117 cm³/mol. The van der Waals surface area contributed by atoms with Crippen molar-refractivity contribution in [1.82, 2.24) is 9.88 Å². The Hall–Kier alpha value is -3.07. The molecule has 3 aromatic rings. The largest absolute Gasteiger partial charge is 0.399 e. The SMILES string of the molecule is Cc1cc(NC(=O)C(=O)N2C[C@@H](C)C(F)(F)C[C@@H]2c2ccc3scnc3c2)ccc1N. The summed E-state index contributed by atoms with van der Waals surface area (Å²) in [5.74, 6) is -5.74. The van der Waals surface area contributed by atoms with Gasteiger partial charge in [-0.25, -0.2) is 13.8 Å². The van der Waals surface area contributed by atoms with E-state index in [9.17, 15) is 18.4 Å². The number of thiazole rings is 1. The number of benzene rings is 2. The molecule has 0 saturated carbocycles. The minimum Gasteiger partial charge on any atom is -0.399 e. The number of nitrogens with two attached hydrogens (primary N) is 1. The number of amides is 2. The van der Waals surface area contributed by atoms with Crippen molar-refractivity contribution in [1.29, 1.82) is 0 Å². The number of likely N-dealkylation sites (tertiary alicyclic amines) is 1. The summed E-state index contributed by atoms with van der Waals surface area (Å²) in [5, 5.41) is 2.56. The lowest BCUT2D eigenvalue weighted by Gasteiger charge is -2.42. The number of carbonyl (C=O) groups excluding carboxylic acids is 2. The number of carbonyl (C=O) groups is 2. The fourth-order valence-electron chi connectivity index (χ4n) is 3.80. The molecule has 0 radical (unpaired) electrons. The lowest BCUT2D eigenvalue weighted by atomic mass is 9.86. The molecule has 1 aliphatic heterocycles. The van der Waals surface area contributed by atoms with Crippen LogP contribution in [0.25, 0.3) is 10.2 Å². The molecule has 4 rings (SSSR count). The van der Waals surface area contributed by atoms with Gasteiger partial charge in [0, 0.05) is 30.3 Å². The van der Waals surface area contributed by atoms with Gasteiger partial charge in [0.2, 0.25) is 0 Å². The van der Waals surface area contributed by atoms with Crippen molar-refractivity contribution in [3.8, 4) is 0 Å². The minimum absolute atomic E-state index is 0.222. The van der Waals surface area contributed by atoms with Crippen molar-refractivity contribution in [2.24, 2.45) is 5.92 Å². The third-order valence-electron chi connectivity index (χ3n) is 5.76. The number of hydrogen-bond acceptors (Lipinski definition) is 5. The highest BCUT2D eigenvalue weighted by molar-refractivity contribution is 7.16. The van der Waals surface area contributed by atoms with Crippen LogP contribution in [0.3, 0.4) is 0 Å². The van der Waals surface area contributed by atoms with Gasteiger partial charge in [0.25, 0.3) is 5.92 Å². The summed E-state index contributed by atoms with van der Waals surface area (Å²) >= 11 is 1.45. The maximum absolute atomic E-state index is 14.6. The molecule has 2 amide bonds. The highest BCUT2D eigenvalue weighted by Gasteiger charge is 2.48. The zero-order chi connectivity index (χ0) is 22.3. The Balaban J connectivity index is 1.62. The third-order valence-corrected chi connectivity index (χ3v) is 6.57. The van der Waals surface area contributed by atoms with Gasteiger partial charge in [-0.05, 0) is 48.4 Å². The Labute approximate surface area is 182 Å². The van der Waals surface area contributed by atoms with Crippen LogP contribution in [-0.4, -0.2) is 34.2 Å². The van der Waals surface area contributed by atoms with Crippen LogP contribution in [-0.2, 0) is 9.59 Å². The average molecular weight is 445 g/mol. The van der Waals surface area contributed by atoms with Crippen molar-refractivity contribution >= 4 is 44.7 Å². The van der Waals surface area contributed by atoms with E-state index >= 15 is 0 Å². The molecule has 1 saturated heterocycles. The van der Waals surface area contributed by atoms with Crippen molar-refractivity contribution in [2.45, 2.75) is 32.2 Å². The molecule has 1 aliphatic rings.